The molecule has 0 N–H and O–H groups in total. The lowest BCUT2D eigenvalue weighted by molar-refractivity contribution is 0.653. The van der Waals surface area contributed by atoms with Crippen LogP contribution in [0.25, 0.3) is 105 Å². The molecule has 4 heteroatoms. The minimum atomic E-state index is 0.540. The number of hydrogen-bond acceptors (Lipinski definition) is 3. The number of aromatic nitrogens is 3. The summed E-state index contributed by atoms with van der Waals surface area (Å²) in [5.41, 5.74) is 11.5. The van der Waals surface area contributed by atoms with Gasteiger partial charge >= 0.3 is 0 Å². The van der Waals surface area contributed by atoms with E-state index < -0.39 is 0 Å². The lowest BCUT2D eigenvalue weighted by atomic mass is 9.93. The zero-order valence-corrected chi connectivity index (χ0v) is 27.4. The number of benzene rings is 8. The van der Waals surface area contributed by atoms with Gasteiger partial charge in [-0.1, -0.05) is 127 Å². The summed E-state index contributed by atoms with van der Waals surface area (Å²) in [4.78, 5) is 11.0. The lowest BCUT2D eigenvalue weighted by Gasteiger charge is -2.16. The van der Waals surface area contributed by atoms with Gasteiger partial charge in [0.1, 0.15) is 16.8 Å². The summed E-state index contributed by atoms with van der Waals surface area (Å²) in [6.45, 7) is 0. The Bertz CT molecular complexity index is 3290. The average molecular weight is 650 g/mol. The van der Waals surface area contributed by atoms with E-state index in [4.69, 9.17) is 14.4 Å². The summed E-state index contributed by atoms with van der Waals surface area (Å²) in [6, 6.07) is 54.3. The summed E-state index contributed by atoms with van der Waals surface area (Å²) in [5, 5.41) is 10.8. The van der Waals surface area contributed by atoms with Crippen molar-refractivity contribution >= 4 is 76.3 Å². The van der Waals surface area contributed by atoms with Gasteiger partial charge in [0.05, 0.1) is 11.0 Å². The average Bonchev–Trinajstić information content (AvgIpc) is 3.85. The van der Waals surface area contributed by atoms with Crippen molar-refractivity contribution < 1.29 is 4.42 Å². The molecule has 1 aliphatic carbocycles. The van der Waals surface area contributed by atoms with Gasteiger partial charge in [0, 0.05) is 28.1 Å². The second kappa shape index (κ2) is 9.90. The van der Waals surface area contributed by atoms with Crippen molar-refractivity contribution in [2.24, 2.45) is 0 Å². The van der Waals surface area contributed by atoms with E-state index >= 15 is 0 Å². The van der Waals surface area contributed by atoms with Crippen molar-refractivity contribution in [3.63, 3.8) is 0 Å². The Hall–Kier alpha value is -6.78. The van der Waals surface area contributed by atoms with Crippen LogP contribution in [0, 0.1) is 0 Å². The molecule has 51 heavy (non-hydrogen) atoms. The summed E-state index contributed by atoms with van der Waals surface area (Å²) in [6.07, 6.45) is 0.834. The third kappa shape index (κ3) is 3.63. The van der Waals surface area contributed by atoms with Crippen LogP contribution in [0.3, 0.4) is 0 Å². The topological polar surface area (TPSA) is 43.9 Å². The van der Waals surface area contributed by atoms with Crippen LogP contribution in [0.2, 0.25) is 0 Å². The van der Waals surface area contributed by atoms with E-state index in [0.29, 0.717) is 5.71 Å². The smallest absolute Gasteiger partial charge is 0.247 e. The highest BCUT2D eigenvalue weighted by Gasteiger charge is 2.30. The molecule has 0 spiro atoms. The minimum Gasteiger partial charge on any atom is -0.436 e. The van der Waals surface area contributed by atoms with Crippen molar-refractivity contribution in [2.75, 3.05) is 0 Å². The van der Waals surface area contributed by atoms with Crippen LogP contribution in [0.4, 0.5) is 0 Å². The molecular weight excluding hydrogens is 623 g/mol. The summed E-state index contributed by atoms with van der Waals surface area (Å²) < 4.78 is 8.81. The van der Waals surface area contributed by atoms with Gasteiger partial charge in [-0.25, -0.2) is 9.97 Å². The maximum absolute atomic E-state index is 6.40. The molecule has 0 saturated heterocycles. The van der Waals surface area contributed by atoms with Crippen molar-refractivity contribution in [1.29, 1.82) is 0 Å². The molecule has 0 amide bonds. The van der Waals surface area contributed by atoms with E-state index in [2.05, 4.69) is 138 Å². The maximum Gasteiger partial charge on any atom is 0.247 e. The fourth-order valence-electron chi connectivity index (χ4n) is 8.84. The molecule has 0 saturated carbocycles. The molecule has 11 aromatic rings. The van der Waals surface area contributed by atoms with Crippen molar-refractivity contribution in [3.8, 4) is 28.2 Å². The van der Waals surface area contributed by atoms with Gasteiger partial charge in [-0.2, -0.15) is 0 Å². The van der Waals surface area contributed by atoms with E-state index in [-0.39, 0.29) is 0 Å². The highest BCUT2D eigenvalue weighted by atomic mass is 16.3. The van der Waals surface area contributed by atoms with E-state index in [9.17, 15) is 0 Å². The highest BCUT2D eigenvalue weighted by Crippen LogP contribution is 2.50. The first kappa shape index (κ1) is 27.1. The molecule has 3 aromatic heterocycles. The van der Waals surface area contributed by atoms with Gasteiger partial charge in [0.15, 0.2) is 5.82 Å². The maximum atomic E-state index is 6.40. The highest BCUT2D eigenvalue weighted by molar-refractivity contribution is 6.27. The molecule has 0 bridgehead atoms. The van der Waals surface area contributed by atoms with E-state index in [1.807, 2.05) is 18.2 Å². The van der Waals surface area contributed by atoms with Crippen LogP contribution >= 0.6 is 0 Å². The van der Waals surface area contributed by atoms with Crippen molar-refractivity contribution in [3.05, 3.63) is 163 Å². The number of rotatable bonds is 2. The predicted molar refractivity (Wildman–Crippen MR) is 210 cm³/mol. The van der Waals surface area contributed by atoms with Gasteiger partial charge in [-0.15, -0.1) is 0 Å². The van der Waals surface area contributed by atoms with Crippen molar-refractivity contribution in [1.82, 2.24) is 14.5 Å². The Morgan fingerprint density at radius 1 is 0.529 bits per heavy atom. The number of para-hydroxylation sites is 2. The Balaban J connectivity index is 1.30. The molecule has 8 aromatic carbocycles. The van der Waals surface area contributed by atoms with Crippen LogP contribution in [0.1, 0.15) is 11.1 Å². The van der Waals surface area contributed by atoms with Crippen LogP contribution in [0.15, 0.2) is 156 Å². The molecule has 236 valence electrons. The number of nitrogens with zero attached hydrogens (tertiary/aromatic N) is 3. The standard InChI is InChI=1S/C47H27N3O/c1-2-14-29-25-37-30(24-28(29)13-1)26-38-41(37)32-17-5-6-18-33(32)42-35-19-7-9-22-39(35)50(45(38)42)46-43(34-21-11-15-27-12-3-4-16-31(27)34)49-47-44(48-46)36-20-8-10-23-40(36)51-47/h1-25H,26H2. The van der Waals surface area contributed by atoms with E-state index in [1.54, 1.807) is 0 Å². The second-order valence-electron chi connectivity index (χ2n) is 13.7. The van der Waals surface area contributed by atoms with Crippen LogP contribution < -0.4 is 0 Å². The molecule has 0 unspecified atom stereocenters. The summed E-state index contributed by atoms with van der Waals surface area (Å²) in [5.74, 6) is 0.801. The van der Waals surface area contributed by atoms with Gasteiger partial charge in [-0.3, -0.25) is 4.57 Å². The third-order valence-corrected chi connectivity index (χ3v) is 11.0. The monoisotopic (exact) mass is 649 g/mol. The molecular formula is C47H27N3O. The zero-order valence-electron chi connectivity index (χ0n) is 27.4. The molecule has 0 fully saturated rings. The fraction of sp³-hybridized carbons (Fsp3) is 0.0213. The third-order valence-electron chi connectivity index (χ3n) is 11.0. The number of hydrogen-bond donors (Lipinski definition) is 0. The molecule has 3 heterocycles. The lowest BCUT2D eigenvalue weighted by Crippen LogP contribution is -2.05. The largest absolute Gasteiger partial charge is 0.436 e. The Kier molecular flexibility index (Phi) is 5.26. The first-order valence-corrected chi connectivity index (χ1v) is 17.5. The minimum absolute atomic E-state index is 0.540. The van der Waals surface area contributed by atoms with Gasteiger partial charge in [0.25, 0.3) is 0 Å². The van der Waals surface area contributed by atoms with Crippen LogP contribution in [-0.4, -0.2) is 14.5 Å². The second-order valence-corrected chi connectivity index (χ2v) is 13.7. The first-order valence-electron chi connectivity index (χ1n) is 17.5. The van der Waals surface area contributed by atoms with Crippen LogP contribution in [0.5, 0.6) is 0 Å². The number of furan rings is 1. The molecule has 0 aliphatic heterocycles. The molecule has 0 atom stereocenters. The first-order chi connectivity index (χ1) is 25.3. The van der Waals surface area contributed by atoms with Gasteiger partial charge in [0.2, 0.25) is 5.71 Å². The molecule has 1 aliphatic rings. The number of fused-ring (bicyclic) bond motifs is 15. The fourth-order valence-corrected chi connectivity index (χ4v) is 8.84. The van der Waals surface area contributed by atoms with Gasteiger partial charge < -0.3 is 4.42 Å². The molecule has 0 radical (unpaired) electrons. The molecule has 4 nitrogen and oxygen atoms in total. The summed E-state index contributed by atoms with van der Waals surface area (Å²) in [7, 11) is 0. The van der Waals surface area contributed by atoms with Crippen molar-refractivity contribution in [2.45, 2.75) is 6.42 Å². The normalized spacial score (nSPS) is 12.6. The predicted octanol–water partition coefficient (Wildman–Crippen LogP) is 12.2. The Labute approximate surface area is 291 Å². The Morgan fingerprint density at radius 3 is 2.06 bits per heavy atom. The SMILES string of the molecule is c1ccc2cc3c(cc2c1)Cc1c-3c2ccccc2c2c3ccccc3n(-c3nc4c(nc3-c3cccc5ccccc35)oc3ccccc34)c12. The Morgan fingerprint density at radius 2 is 1.20 bits per heavy atom. The quantitative estimate of drug-likeness (QED) is 0.187. The summed E-state index contributed by atoms with van der Waals surface area (Å²) >= 11 is 0. The zero-order chi connectivity index (χ0) is 33.2. The van der Waals surface area contributed by atoms with E-state index in [1.165, 1.54) is 60.1 Å². The van der Waals surface area contributed by atoms with E-state index in [0.717, 1.165) is 56.3 Å². The molecule has 12 rings (SSSR count). The van der Waals surface area contributed by atoms with Gasteiger partial charge in [-0.05, 0) is 78.8 Å². The van der Waals surface area contributed by atoms with Crippen LogP contribution in [-0.2, 0) is 6.42 Å².